The number of hydrogen-bond donors (Lipinski definition) is 3. The van der Waals surface area contributed by atoms with Gasteiger partial charge in [0.05, 0.1) is 0 Å². The van der Waals surface area contributed by atoms with Crippen molar-refractivity contribution in [3.8, 4) is 0 Å². The SMILES string of the molecule is CCCCO.CCCCO.CCCCO.[CH3][GeH]([CH3])[c-]1cccc1.[Hf]. The summed E-state index contributed by atoms with van der Waals surface area (Å²) in [6.45, 7) is 7.19. The van der Waals surface area contributed by atoms with E-state index in [0.29, 0.717) is 19.8 Å². The molecule has 0 aromatic heterocycles. The van der Waals surface area contributed by atoms with Gasteiger partial charge in [0.1, 0.15) is 0 Å². The van der Waals surface area contributed by atoms with E-state index < -0.39 is 14.3 Å². The second-order valence-corrected chi connectivity index (χ2v) is 11.8. The van der Waals surface area contributed by atoms with Crippen LogP contribution in [-0.2, 0) is 25.8 Å². The van der Waals surface area contributed by atoms with Gasteiger partial charge in [0.25, 0.3) is 0 Å². The summed E-state index contributed by atoms with van der Waals surface area (Å²) < 4.78 is 1.62. The molecule has 0 aliphatic carbocycles. The average Bonchev–Trinajstić information content (AvgIpc) is 3.06. The monoisotopic (exact) mass is 571 g/mol. The zero-order chi connectivity index (χ0) is 18.3. The van der Waals surface area contributed by atoms with Crippen molar-refractivity contribution in [3.63, 3.8) is 0 Å². The van der Waals surface area contributed by atoms with Crippen molar-refractivity contribution in [2.24, 2.45) is 0 Å². The van der Waals surface area contributed by atoms with Gasteiger partial charge in [-0.15, -0.1) is 0 Å². The van der Waals surface area contributed by atoms with Gasteiger partial charge < -0.3 is 15.3 Å². The molecule has 24 heavy (non-hydrogen) atoms. The Morgan fingerprint density at radius 1 is 0.708 bits per heavy atom. The van der Waals surface area contributed by atoms with Gasteiger partial charge in [-0.3, -0.25) is 0 Å². The van der Waals surface area contributed by atoms with E-state index in [9.17, 15) is 0 Å². The molecule has 0 aliphatic rings. The van der Waals surface area contributed by atoms with Gasteiger partial charge in [0, 0.05) is 45.7 Å². The van der Waals surface area contributed by atoms with Crippen LogP contribution in [0.15, 0.2) is 24.3 Å². The molecule has 144 valence electrons. The van der Waals surface area contributed by atoms with Crippen molar-refractivity contribution in [1.29, 1.82) is 0 Å². The molecule has 3 N–H and O–H groups in total. The predicted molar refractivity (Wildman–Crippen MR) is 107 cm³/mol. The molecule has 1 aromatic rings. The second kappa shape index (κ2) is 31.4. The van der Waals surface area contributed by atoms with Crippen molar-refractivity contribution in [3.05, 3.63) is 24.3 Å². The fraction of sp³-hybridized carbons (Fsp3) is 0.737. The van der Waals surface area contributed by atoms with Crippen molar-refractivity contribution in [1.82, 2.24) is 0 Å². The van der Waals surface area contributed by atoms with Crippen LogP contribution in [0.25, 0.3) is 0 Å². The van der Waals surface area contributed by atoms with E-state index in [1.807, 2.05) is 0 Å². The summed E-state index contributed by atoms with van der Waals surface area (Å²) in [5, 5.41) is 24.2. The van der Waals surface area contributed by atoms with Gasteiger partial charge >= 0.3 is 54.5 Å². The van der Waals surface area contributed by atoms with Crippen LogP contribution in [0, 0.1) is 0 Å². The Morgan fingerprint density at radius 3 is 1.08 bits per heavy atom. The van der Waals surface area contributed by atoms with Crippen LogP contribution in [-0.4, -0.2) is 49.5 Å². The Kier molecular flexibility index (Phi) is 42.3. The van der Waals surface area contributed by atoms with Gasteiger partial charge in [0.2, 0.25) is 0 Å². The summed E-state index contributed by atoms with van der Waals surface area (Å²) in [7, 11) is 0. The molecule has 0 unspecified atom stereocenters. The molecule has 0 aliphatic heterocycles. The fourth-order valence-corrected chi connectivity index (χ4v) is 3.33. The number of unbranched alkanes of at least 4 members (excludes halogenated alkanes) is 3. The molecule has 1 aromatic carbocycles. The first-order valence-electron chi connectivity index (χ1n) is 9.09. The van der Waals surface area contributed by atoms with Gasteiger partial charge in [-0.05, 0) is 19.3 Å². The first-order valence-corrected chi connectivity index (χ1v) is 15.1. The van der Waals surface area contributed by atoms with Crippen molar-refractivity contribution < 1.29 is 41.2 Å². The van der Waals surface area contributed by atoms with Crippen LogP contribution < -0.4 is 4.40 Å². The van der Waals surface area contributed by atoms with E-state index in [-0.39, 0.29) is 25.8 Å². The maximum absolute atomic E-state index is 8.07. The molecule has 0 radical (unpaired) electrons. The summed E-state index contributed by atoms with van der Waals surface area (Å²) in [6.07, 6.45) is 6.11. The summed E-state index contributed by atoms with van der Waals surface area (Å²) >= 11 is -0.888. The average molecular weight is 569 g/mol. The van der Waals surface area contributed by atoms with Crippen LogP contribution in [0.2, 0.25) is 11.5 Å². The number of aliphatic hydroxyl groups excluding tert-OH is 3. The summed E-state index contributed by atoms with van der Waals surface area (Å²) in [4.78, 5) is 0. The first-order chi connectivity index (χ1) is 11.0. The fourth-order valence-electron chi connectivity index (χ4n) is 1.25. The summed E-state index contributed by atoms with van der Waals surface area (Å²) in [5.41, 5.74) is 0. The molecule has 0 saturated heterocycles. The zero-order valence-corrected chi connectivity index (χ0v) is 22.6. The normalized spacial score (nSPS) is 8.71. The minimum absolute atomic E-state index is 0. The van der Waals surface area contributed by atoms with E-state index in [1.165, 1.54) is 0 Å². The Morgan fingerprint density at radius 2 is 1.00 bits per heavy atom. The quantitative estimate of drug-likeness (QED) is 0.349. The standard InChI is InChI=1S/C7H11Ge.3C4H10O.Hf/c1-8(2)7-5-3-4-6-7;3*1-2-3-4-5;/h3-6,8H,1-2H3;3*5H,2-4H2,1H3;/q-1;;;;. The molecule has 0 heterocycles. The topological polar surface area (TPSA) is 60.7 Å². The van der Waals surface area contributed by atoms with Gasteiger partial charge in [-0.2, -0.15) is 0 Å². The van der Waals surface area contributed by atoms with E-state index in [0.717, 1.165) is 38.5 Å². The summed E-state index contributed by atoms with van der Waals surface area (Å²) in [6, 6.07) is 8.73. The molecular weight excluding hydrogens is 527 g/mol. The second-order valence-electron chi connectivity index (χ2n) is 5.60. The smallest absolute Gasteiger partial charge is 0 e. The minimum atomic E-state index is -0.888. The van der Waals surface area contributed by atoms with Crippen molar-refractivity contribution in [2.75, 3.05) is 19.8 Å². The number of aliphatic hydroxyl groups is 3. The Hall–Kier alpha value is 0.643. The molecule has 3 nitrogen and oxygen atoms in total. The molecule has 0 fully saturated rings. The maximum Gasteiger partial charge on any atom is 0 e. The molecule has 0 atom stereocenters. The summed E-state index contributed by atoms with van der Waals surface area (Å²) in [5.74, 6) is 4.78. The van der Waals surface area contributed by atoms with E-state index in [2.05, 4.69) is 56.5 Å². The third kappa shape index (κ3) is 34.1. The van der Waals surface area contributed by atoms with Crippen LogP contribution in [0.3, 0.4) is 0 Å². The molecule has 0 spiro atoms. The molecule has 1 rings (SSSR count). The largest absolute Gasteiger partial charge is 0 e. The molecule has 5 heteroatoms. The Labute approximate surface area is 174 Å². The Balaban J connectivity index is -0.000000113. The van der Waals surface area contributed by atoms with Crippen LogP contribution >= 0.6 is 0 Å². The van der Waals surface area contributed by atoms with Crippen LogP contribution in [0.1, 0.15) is 59.3 Å². The number of hydrogen-bond acceptors (Lipinski definition) is 3. The maximum atomic E-state index is 8.07. The van der Waals surface area contributed by atoms with E-state index >= 15 is 0 Å². The Bertz CT molecular complexity index is 247. The van der Waals surface area contributed by atoms with Crippen molar-refractivity contribution >= 4 is 18.7 Å². The van der Waals surface area contributed by atoms with Crippen LogP contribution in [0.5, 0.6) is 0 Å². The molecule has 0 bridgehead atoms. The first kappa shape index (κ1) is 32.3. The number of rotatable bonds is 7. The zero-order valence-electron chi connectivity index (χ0n) is 16.6. The predicted octanol–water partition coefficient (Wildman–Crippen LogP) is 3.43. The van der Waals surface area contributed by atoms with Crippen LogP contribution in [0.4, 0.5) is 0 Å². The van der Waals surface area contributed by atoms with Crippen molar-refractivity contribution in [2.45, 2.75) is 70.8 Å². The van der Waals surface area contributed by atoms with Gasteiger partial charge in [-0.1, -0.05) is 40.0 Å². The van der Waals surface area contributed by atoms with Gasteiger partial charge in [-0.25, -0.2) is 0 Å². The molecule has 0 saturated carbocycles. The third-order valence-electron chi connectivity index (χ3n) is 2.89. The van der Waals surface area contributed by atoms with Gasteiger partial charge in [0.15, 0.2) is 0 Å². The third-order valence-corrected chi connectivity index (χ3v) is 6.50. The van der Waals surface area contributed by atoms with E-state index in [1.54, 1.807) is 4.40 Å². The van der Waals surface area contributed by atoms with E-state index in [4.69, 9.17) is 15.3 Å². The molecular formula is C19H41GeHfO3-. The minimum Gasteiger partial charge on any atom is 0 e. The molecule has 0 amide bonds.